The highest BCUT2D eigenvalue weighted by molar-refractivity contribution is 9.10. The molecule has 16 heavy (non-hydrogen) atoms. The van der Waals surface area contributed by atoms with Crippen LogP contribution in [0.1, 0.15) is 0 Å². The largest absolute Gasteiger partial charge is 0.457 e. The Hall–Kier alpha value is -1.62. The van der Waals surface area contributed by atoms with Crippen molar-refractivity contribution in [1.82, 2.24) is 4.98 Å². The number of anilines is 1. The summed E-state index contributed by atoms with van der Waals surface area (Å²) in [4.78, 5) is 3.83. The van der Waals surface area contributed by atoms with Crippen LogP contribution in [0.15, 0.2) is 41.0 Å². The molecule has 1 aromatic carbocycles. The molecule has 82 valence electrons. The average Bonchev–Trinajstić information content (AvgIpc) is 2.15. The molecule has 5 heteroatoms. The Morgan fingerprint density at radius 1 is 1.19 bits per heavy atom. The van der Waals surface area contributed by atoms with E-state index < -0.39 is 0 Å². The van der Waals surface area contributed by atoms with Crippen molar-refractivity contribution in [3.63, 3.8) is 0 Å². The lowest BCUT2D eigenvalue weighted by Gasteiger charge is -2.06. The SMILES string of the molecule is Nc1cc(Oc2cc(F)cc(Br)c2)ccn1. The zero-order chi connectivity index (χ0) is 11.5. The fourth-order valence-electron chi connectivity index (χ4n) is 1.21. The van der Waals surface area contributed by atoms with Crippen LogP contribution in [-0.4, -0.2) is 4.98 Å². The van der Waals surface area contributed by atoms with Crippen molar-refractivity contribution < 1.29 is 9.13 Å². The third-order valence-corrected chi connectivity index (χ3v) is 2.28. The van der Waals surface area contributed by atoms with E-state index in [0.717, 1.165) is 0 Å². The monoisotopic (exact) mass is 282 g/mol. The van der Waals surface area contributed by atoms with E-state index in [1.807, 2.05) is 0 Å². The summed E-state index contributed by atoms with van der Waals surface area (Å²) in [6.07, 6.45) is 1.53. The van der Waals surface area contributed by atoms with Crippen molar-refractivity contribution in [2.75, 3.05) is 5.73 Å². The molecule has 0 saturated carbocycles. The molecule has 0 radical (unpaired) electrons. The Labute approximate surface area is 100 Å². The quantitative estimate of drug-likeness (QED) is 0.919. The number of aromatic nitrogens is 1. The molecule has 0 amide bonds. The van der Waals surface area contributed by atoms with Gasteiger partial charge in [-0.15, -0.1) is 0 Å². The average molecular weight is 283 g/mol. The first kappa shape index (κ1) is 10.9. The van der Waals surface area contributed by atoms with Crippen LogP contribution in [0.2, 0.25) is 0 Å². The maximum absolute atomic E-state index is 13.1. The summed E-state index contributed by atoms with van der Waals surface area (Å²) in [7, 11) is 0. The molecule has 0 aliphatic heterocycles. The van der Waals surface area contributed by atoms with Gasteiger partial charge in [0.2, 0.25) is 0 Å². The van der Waals surface area contributed by atoms with Gasteiger partial charge < -0.3 is 10.5 Å². The summed E-state index contributed by atoms with van der Waals surface area (Å²) in [6, 6.07) is 7.53. The van der Waals surface area contributed by atoms with Crippen molar-refractivity contribution >= 4 is 21.7 Å². The number of benzene rings is 1. The normalized spacial score (nSPS) is 10.1. The number of nitrogens with zero attached hydrogens (tertiary/aromatic N) is 1. The molecule has 3 nitrogen and oxygen atoms in total. The van der Waals surface area contributed by atoms with Crippen LogP contribution >= 0.6 is 15.9 Å². The molecule has 2 aromatic rings. The highest BCUT2D eigenvalue weighted by Gasteiger charge is 2.02. The Kier molecular flexibility index (Phi) is 3.05. The molecule has 0 aliphatic rings. The number of nitrogen functional groups attached to an aromatic ring is 1. The van der Waals surface area contributed by atoms with Crippen LogP contribution in [0.3, 0.4) is 0 Å². The maximum atomic E-state index is 13.1. The van der Waals surface area contributed by atoms with Crippen molar-refractivity contribution in [1.29, 1.82) is 0 Å². The summed E-state index contributed by atoms with van der Waals surface area (Å²) in [5, 5.41) is 0. The minimum atomic E-state index is -0.369. The predicted octanol–water partition coefficient (Wildman–Crippen LogP) is 3.36. The van der Waals surface area contributed by atoms with E-state index in [2.05, 4.69) is 20.9 Å². The third-order valence-electron chi connectivity index (χ3n) is 1.82. The number of rotatable bonds is 2. The Morgan fingerprint density at radius 3 is 2.69 bits per heavy atom. The zero-order valence-corrected chi connectivity index (χ0v) is 9.74. The Balaban J connectivity index is 2.27. The van der Waals surface area contributed by atoms with E-state index in [1.165, 1.54) is 18.3 Å². The molecular weight excluding hydrogens is 275 g/mol. The first-order chi connectivity index (χ1) is 7.63. The van der Waals surface area contributed by atoms with Crippen molar-refractivity contribution in [3.8, 4) is 11.5 Å². The maximum Gasteiger partial charge on any atom is 0.132 e. The van der Waals surface area contributed by atoms with Crippen LogP contribution in [0.25, 0.3) is 0 Å². The lowest BCUT2D eigenvalue weighted by molar-refractivity contribution is 0.476. The van der Waals surface area contributed by atoms with Gasteiger partial charge in [0.15, 0.2) is 0 Å². The predicted molar refractivity (Wildman–Crippen MR) is 62.8 cm³/mol. The second-order valence-electron chi connectivity index (χ2n) is 3.12. The van der Waals surface area contributed by atoms with Crippen molar-refractivity contribution in [3.05, 3.63) is 46.8 Å². The molecule has 1 aromatic heterocycles. The van der Waals surface area contributed by atoms with Gasteiger partial charge in [-0.25, -0.2) is 9.37 Å². The molecule has 0 atom stereocenters. The third kappa shape index (κ3) is 2.70. The van der Waals surface area contributed by atoms with E-state index in [9.17, 15) is 4.39 Å². The number of hydrogen-bond acceptors (Lipinski definition) is 3. The van der Waals surface area contributed by atoms with Gasteiger partial charge in [-0.05, 0) is 18.2 Å². The molecule has 0 aliphatic carbocycles. The van der Waals surface area contributed by atoms with Crippen molar-refractivity contribution in [2.24, 2.45) is 0 Å². The summed E-state index contributed by atoms with van der Waals surface area (Å²) in [6.45, 7) is 0. The highest BCUT2D eigenvalue weighted by atomic mass is 79.9. The van der Waals surface area contributed by atoms with Crippen LogP contribution in [0.5, 0.6) is 11.5 Å². The van der Waals surface area contributed by atoms with Crippen LogP contribution < -0.4 is 10.5 Å². The van der Waals surface area contributed by atoms with Gasteiger partial charge in [-0.3, -0.25) is 0 Å². The molecule has 2 N–H and O–H groups in total. The highest BCUT2D eigenvalue weighted by Crippen LogP contribution is 2.26. The lowest BCUT2D eigenvalue weighted by Crippen LogP contribution is -1.91. The minimum Gasteiger partial charge on any atom is -0.457 e. The number of ether oxygens (including phenoxy) is 1. The number of halogens is 2. The van der Waals surface area contributed by atoms with Gasteiger partial charge in [0.1, 0.15) is 23.1 Å². The summed E-state index contributed by atoms with van der Waals surface area (Å²) in [5.74, 6) is 0.904. The zero-order valence-electron chi connectivity index (χ0n) is 8.15. The first-order valence-electron chi connectivity index (χ1n) is 4.49. The smallest absolute Gasteiger partial charge is 0.132 e. The Bertz CT molecular complexity index is 499. The standard InChI is InChI=1S/C11H8BrFN2O/c12-7-3-8(13)5-10(4-7)16-9-1-2-15-11(14)6-9/h1-6H,(H2,14,15). The minimum absolute atomic E-state index is 0.355. The second-order valence-corrected chi connectivity index (χ2v) is 4.04. The van der Waals surface area contributed by atoms with Crippen LogP contribution in [0, 0.1) is 5.82 Å². The van der Waals surface area contributed by atoms with Gasteiger partial charge in [-0.1, -0.05) is 15.9 Å². The topological polar surface area (TPSA) is 48.1 Å². The first-order valence-corrected chi connectivity index (χ1v) is 5.28. The molecule has 0 unspecified atom stereocenters. The van der Waals surface area contributed by atoms with E-state index >= 15 is 0 Å². The van der Waals surface area contributed by atoms with Crippen LogP contribution in [-0.2, 0) is 0 Å². The second kappa shape index (κ2) is 4.49. The number of pyridine rings is 1. The molecule has 0 fully saturated rings. The Morgan fingerprint density at radius 2 is 2.00 bits per heavy atom. The van der Waals surface area contributed by atoms with E-state index in [4.69, 9.17) is 10.5 Å². The molecule has 0 spiro atoms. The molecular formula is C11H8BrFN2O. The van der Waals surface area contributed by atoms with Gasteiger partial charge in [0.05, 0.1) is 0 Å². The van der Waals surface area contributed by atoms with E-state index in [0.29, 0.717) is 21.8 Å². The van der Waals surface area contributed by atoms with Gasteiger partial charge in [0.25, 0.3) is 0 Å². The van der Waals surface area contributed by atoms with E-state index in [-0.39, 0.29) is 5.82 Å². The molecule has 0 saturated heterocycles. The summed E-state index contributed by atoms with van der Waals surface area (Å²) in [5.41, 5.74) is 5.50. The van der Waals surface area contributed by atoms with Gasteiger partial charge in [0, 0.05) is 22.8 Å². The molecule has 1 heterocycles. The molecule has 2 rings (SSSR count). The summed E-state index contributed by atoms with van der Waals surface area (Å²) < 4.78 is 19.1. The van der Waals surface area contributed by atoms with Crippen LogP contribution in [0.4, 0.5) is 10.2 Å². The van der Waals surface area contributed by atoms with Gasteiger partial charge in [-0.2, -0.15) is 0 Å². The fraction of sp³-hybridized carbons (Fsp3) is 0. The van der Waals surface area contributed by atoms with Gasteiger partial charge >= 0.3 is 0 Å². The van der Waals surface area contributed by atoms with E-state index in [1.54, 1.807) is 18.2 Å². The number of nitrogens with two attached hydrogens (primary N) is 1. The van der Waals surface area contributed by atoms with Crippen molar-refractivity contribution in [2.45, 2.75) is 0 Å². The molecule has 0 bridgehead atoms. The fourth-order valence-corrected chi connectivity index (χ4v) is 1.66. The number of hydrogen-bond donors (Lipinski definition) is 1. The summed E-state index contributed by atoms with van der Waals surface area (Å²) >= 11 is 3.18. The lowest BCUT2D eigenvalue weighted by atomic mass is 10.3.